The lowest BCUT2D eigenvalue weighted by Gasteiger charge is -2.42. The van der Waals surface area contributed by atoms with Gasteiger partial charge in [-0.25, -0.2) is 0 Å². The molecule has 1 aliphatic heterocycles. The molecule has 0 aromatic heterocycles. The largest absolute Gasteiger partial charge is 0.377 e. The predicted octanol–water partition coefficient (Wildman–Crippen LogP) is 1.25. The molecule has 1 aliphatic rings. The molecule has 0 unspecified atom stereocenters. The summed E-state index contributed by atoms with van der Waals surface area (Å²) in [6, 6.07) is 7.36. The van der Waals surface area contributed by atoms with Gasteiger partial charge in [0.25, 0.3) is 5.91 Å². The summed E-state index contributed by atoms with van der Waals surface area (Å²) in [5, 5.41) is 0. The second-order valence-corrected chi connectivity index (χ2v) is 5.41. The van der Waals surface area contributed by atoms with Gasteiger partial charge in [-0.3, -0.25) is 4.79 Å². The first-order valence-electron chi connectivity index (χ1n) is 6.73. The van der Waals surface area contributed by atoms with Gasteiger partial charge in [-0.15, -0.1) is 0 Å². The first kappa shape index (κ1) is 14.6. The topological polar surface area (TPSA) is 55.6 Å². The number of hydrogen-bond acceptors (Lipinski definition) is 3. The molecule has 1 heterocycles. The number of amides is 1. The van der Waals surface area contributed by atoms with Crippen LogP contribution in [0.4, 0.5) is 0 Å². The number of rotatable bonds is 1. The van der Waals surface area contributed by atoms with Gasteiger partial charge >= 0.3 is 0 Å². The molecule has 2 rings (SSSR count). The minimum atomic E-state index is -0.283. The van der Waals surface area contributed by atoms with Crippen molar-refractivity contribution in [1.82, 2.24) is 4.90 Å². The Morgan fingerprint density at radius 2 is 2.30 bits per heavy atom. The summed E-state index contributed by atoms with van der Waals surface area (Å²) >= 11 is 0. The highest BCUT2D eigenvalue weighted by atomic mass is 16.5. The molecular weight excluding hydrogens is 252 g/mol. The fraction of sp³-hybridized carbons (Fsp3) is 0.438. The lowest BCUT2D eigenvalue weighted by atomic mass is 10.0. The molecule has 20 heavy (non-hydrogen) atoms. The van der Waals surface area contributed by atoms with Gasteiger partial charge in [0.15, 0.2) is 0 Å². The molecule has 4 nitrogen and oxygen atoms in total. The fourth-order valence-corrected chi connectivity index (χ4v) is 2.27. The molecule has 2 N–H and O–H groups in total. The Bertz CT molecular complexity index is 555. The summed E-state index contributed by atoms with van der Waals surface area (Å²) in [5.74, 6) is 5.78. The molecule has 4 heteroatoms. The van der Waals surface area contributed by atoms with Gasteiger partial charge in [0.1, 0.15) is 0 Å². The maximum atomic E-state index is 12.6. The van der Waals surface area contributed by atoms with Gasteiger partial charge in [-0.1, -0.05) is 17.9 Å². The van der Waals surface area contributed by atoms with Crippen LogP contribution in [0.2, 0.25) is 0 Å². The Hall–Kier alpha value is -1.83. The standard InChI is InChI=1S/C16H20N2O2/c1-16(2)12-20-10-9-18(16)15(19)14-7-3-5-13(11-14)6-4-8-17/h3,5,7,11H,8-10,12,17H2,1-2H3. The van der Waals surface area contributed by atoms with Gasteiger partial charge < -0.3 is 15.4 Å². The number of ether oxygens (including phenoxy) is 1. The van der Waals surface area contributed by atoms with E-state index in [0.717, 1.165) is 5.56 Å². The van der Waals surface area contributed by atoms with Gasteiger partial charge in [0.05, 0.1) is 25.3 Å². The highest BCUT2D eigenvalue weighted by Crippen LogP contribution is 2.21. The van der Waals surface area contributed by atoms with E-state index >= 15 is 0 Å². The van der Waals surface area contributed by atoms with E-state index in [2.05, 4.69) is 11.8 Å². The van der Waals surface area contributed by atoms with Crippen LogP contribution < -0.4 is 5.73 Å². The number of nitrogens with zero attached hydrogens (tertiary/aromatic N) is 1. The molecule has 0 radical (unpaired) electrons. The fourth-order valence-electron chi connectivity index (χ4n) is 2.27. The third-order valence-corrected chi connectivity index (χ3v) is 3.33. The SMILES string of the molecule is CC1(C)COCCN1C(=O)c1cccc(C#CCN)c1. The lowest BCUT2D eigenvalue weighted by molar-refractivity contribution is -0.0370. The van der Waals surface area contributed by atoms with Gasteiger partial charge in [0.2, 0.25) is 0 Å². The lowest BCUT2D eigenvalue weighted by Crippen LogP contribution is -2.55. The quantitative estimate of drug-likeness (QED) is 0.783. The van der Waals surface area contributed by atoms with Crippen molar-refractivity contribution in [3.8, 4) is 11.8 Å². The number of carbonyl (C=O) groups excluding carboxylic acids is 1. The minimum Gasteiger partial charge on any atom is -0.377 e. The molecule has 1 aromatic rings. The van der Waals surface area contributed by atoms with Crippen LogP contribution in [0, 0.1) is 11.8 Å². The summed E-state index contributed by atoms with van der Waals surface area (Å²) in [6.07, 6.45) is 0. The van der Waals surface area contributed by atoms with E-state index in [1.807, 2.05) is 43.0 Å². The molecule has 1 fully saturated rings. The molecule has 0 aliphatic carbocycles. The predicted molar refractivity (Wildman–Crippen MR) is 78.3 cm³/mol. The first-order valence-corrected chi connectivity index (χ1v) is 6.73. The van der Waals surface area contributed by atoms with Crippen molar-refractivity contribution in [2.45, 2.75) is 19.4 Å². The van der Waals surface area contributed by atoms with Crippen LogP contribution in [0.25, 0.3) is 0 Å². The van der Waals surface area contributed by atoms with E-state index in [1.54, 1.807) is 0 Å². The zero-order chi connectivity index (χ0) is 14.6. The van der Waals surface area contributed by atoms with Crippen LogP contribution in [-0.2, 0) is 4.74 Å². The molecule has 1 amide bonds. The second kappa shape index (κ2) is 6.08. The molecule has 1 saturated heterocycles. The Morgan fingerprint density at radius 3 is 3.00 bits per heavy atom. The van der Waals surface area contributed by atoms with Crippen LogP contribution in [0.3, 0.4) is 0 Å². The average Bonchev–Trinajstić information content (AvgIpc) is 2.44. The number of hydrogen-bond donors (Lipinski definition) is 1. The number of morpholine rings is 1. The minimum absolute atomic E-state index is 0.0229. The molecule has 0 spiro atoms. The van der Waals surface area contributed by atoms with Crippen molar-refractivity contribution >= 4 is 5.91 Å². The van der Waals surface area contributed by atoms with Crippen molar-refractivity contribution in [3.05, 3.63) is 35.4 Å². The zero-order valence-corrected chi connectivity index (χ0v) is 12.0. The van der Waals surface area contributed by atoms with E-state index in [-0.39, 0.29) is 11.4 Å². The second-order valence-electron chi connectivity index (χ2n) is 5.41. The third-order valence-electron chi connectivity index (χ3n) is 3.33. The molecular formula is C16H20N2O2. The van der Waals surface area contributed by atoms with Crippen molar-refractivity contribution < 1.29 is 9.53 Å². The molecule has 0 atom stereocenters. The third kappa shape index (κ3) is 3.19. The highest BCUT2D eigenvalue weighted by Gasteiger charge is 2.34. The van der Waals surface area contributed by atoms with Crippen molar-refractivity contribution in [1.29, 1.82) is 0 Å². The maximum absolute atomic E-state index is 12.6. The zero-order valence-electron chi connectivity index (χ0n) is 12.0. The van der Waals surface area contributed by atoms with Crippen molar-refractivity contribution in [3.63, 3.8) is 0 Å². The van der Waals surface area contributed by atoms with E-state index in [0.29, 0.717) is 31.9 Å². The first-order chi connectivity index (χ1) is 9.54. The highest BCUT2D eigenvalue weighted by molar-refractivity contribution is 5.95. The van der Waals surface area contributed by atoms with Crippen LogP contribution in [0.5, 0.6) is 0 Å². The van der Waals surface area contributed by atoms with Crippen LogP contribution >= 0.6 is 0 Å². The Morgan fingerprint density at radius 1 is 1.50 bits per heavy atom. The van der Waals surface area contributed by atoms with Crippen molar-refractivity contribution in [2.24, 2.45) is 5.73 Å². The van der Waals surface area contributed by atoms with E-state index < -0.39 is 0 Å². The Labute approximate surface area is 119 Å². The normalized spacial score (nSPS) is 17.2. The summed E-state index contributed by atoms with van der Waals surface area (Å²) in [4.78, 5) is 14.5. The smallest absolute Gasteiger partial charge is 0.254 e. The molecule has 0 saturated carbocycles. The average molecular weight is 272 g/mol. The monoisotopic (exact) mass is 272 g/mol. The molecule has 106 valence electrons. The number of nitrogens with two attached hydrogens (primary N) is 1. The van der Waals surface area contributed by atoms with Crippen molar-refractivity contribution in [2.75, 3.05) is 26.3 Å². The Balaban J connectivity index is 2.24. The van der Waals surface area contributed by atoms with Crippen LogP contribution in [0.15, 0.2) is 24.3 Å². The van der Waals surface area contributed by atoms with Gasteiger partial charge in [-0.2, -0.15) is 0 Å². The van der Waals surface area contributed by atoms with Crippen LogP contribution in [-0.4, -0.2) is 42.6 Å². The van der Waals surface area contributed by atoms with E-state index in [1.165, 1.54) is 0 Å². The van der Waals surface area contributed by atoms with Gasteiger partial charge in [-0.05, 0) is 32.0 Å². The molecule has 0 bridgehead atoms. The van der Waals surface area contributed by atoms with E-state index in [4.69, 9.17) is 10.5 Å². The van der Waals surface area contributed by atoms with Gasteiger partial charge in [0, 0.05) is 17.7 Å². The maximum Gasteiger partial charge on any atom is 0.254 e. The summed E-state index contributed by atoms with van der Waals surface area (Å²) in [6.45, 7) is 6.11. The van der Waals surface area contributed by atoms with E-state index in [9.17, 15) is 4.79 Å². The Kier molecular flexibility index (Phi) is 4.43. The summed E-state index contributed by atoms with van der Waals surface area (Å²) in [7, 11) is 0. The number of carbonyl (C=O) groups is 1. The van der Waals surface area contributed by atoms with Crippen LogP contribution in [0.1, 0.15) is 29.8 Å². The summed E-state index contributed by atoms with van der Waals surface area (Å²) in [5.41, 5.74) is 6.55. The summed E-state index contributed by atoms with van der Waals surface area (Å²) < 4.78 is 5.45. The molecule has 1 aromatic carbocycles. The number of benzene rings is 1.